The highest BCUT2D eigenvalue weighted by Gasteiger charge is 2.19. The lowest BCUT2D eigenvalue weighted by atomic mass is 10.2. The Bertz CT molecular complexity index is 983. The number of halogens is 1. The predicted molar refractivity (Wildman–Crippen MR) is 94.6 cm³/mol. The van der Waals surface area contributed by atoms with Crippen LogP contribution in [-0.4, -0.2) is 18.9 Å². The van der Waals surface area contributed by atoms with Crippen LogP contribution in [0.5, 0.6) is 0 Å². The zero-order chi connectivity index (χ0) is 17.2. The third-order valence-corrected chi connectivity index (χ3v) is 5.17. The van der Waals surface area contributed by atoms with Crippen molar-refractivity contribution >= 4 is 31.9 Å². The molecule has 0 aliphatic rings. The number of nitrogens with one attached hydrogen (secondary N) is 1. The molecule has 0 aliphatic carbocycles. The molecule has 0 atom stereocenters. The summed E-state index contributed by atoms with van der Waals surface area (Å²) in [5, 5.41) is 0. The zero-order valence-corrected chi connectivity index (χ0v) is 14.8. The van der Waals surface area contributed by atoms with Gasteiger partial charge in [-0.3, -0.25) is 4.79 Å². The van der Waals surface area contributed by atoms with E-state index in [1.54, 1.807) is 30.3 Å². The summed E-state index contributed by atoms with van der Waals surface area (Å²) in [4.78, 5) is 12.3. The van der Waals surface area contributed by atoms with Gasteiger partial charge in [0.15, 0.2) is 0 Å². The first-order chi connectivity index (χ1) is 11.5. The van der Waals surface area contributed by atoms with Gasteiger partial charge in [0, 0.05) is 28.1 Å². The van der Waals surface area contributed by atoms with Gasteiger partial charge in [0.05, 0.1) is 4.90 Å². The van der Waals surface area contributed by atoms with E-state index in [0.717, 1.165) is 5.69 Å². The maximum absolute atomic E-state index is 12.3. The zero-order valence-electron chi connectivity index (χ0n) is 12.4. The molecule has 7 heteroatoms. The molecule has 1 aromatic heterocycles. The molecule has 0 fully saturated rings. The van der Waals surface area contributed by atoms with Crippen LogP contribution in [0.15, 0.2) is 82.4 Å². The van der Waals surface area contributed by atoms with Gasteiger partial charge in [0.2, 0.25) is 0 Å². The first kappa shape index (κ1) is 16.5. The number of hydrogen-bond donors (Lipinski definition) is 1. The third-order valence-electron chi connectivity index (χ3n) is 3.34. The molecule has 1 N–H and O–H groups in total. The van der Waals surface area contributed by atoms with E-state index < -0.39 is 15.9 Å². The molecule has 0 bridgehead atoms. The van der Waals surface area contributed by atoms with Crippen molar-refractivity contribution in [1.29, 1.82) is 0 Å². The fourth-order valence-corrected chi connectivity index (χ4v) is 3.76. The molecular formula is C17H13BrN2O3S. The summed E-state index contributed by atoms with van der Waals surface area (Å²) in [6, 6.07) is 16.6. The van der Waals surface area contributed by atoms with Gasteiger partial charge in [-0.1, -0.05) is 28.1 Å². The fourth-order valence-electron chi connectivity index (χ4n) is 2.19. The number of sulfonamides is 1. The summed E-state index contributed by atoms with van der Waals surface area (Å²) in [5.41, 5.74) is 1.03. The summed E-state index contributed by atoms with van der Waals surface area (Å²) < 4.78 is 29.2. The first-order valence-corrected chi connectivity index (χ1v) is 9.29. The van der Waals surface area contributed by atoms with E-state index in [4.69, 9.17) is 0 Å². The van der Waals surface area contributed by atoms with Crippen LogP contribution in [0.25, 0.3) is 5.69 Å². The van der Waals surface area contributed by atoms with Gasteiger partial charge in [-0.2, -0.15) is 0 Å². The van der Waals surface area contributed by atoms with Crippen LogP contribution in [-0.2, 0) is 10.0 Å². The molecule has 3 aromatic rings. The van der Waals surface area contributed by atoms with Crippen LogP contribution in [0.1, 0.15) is 10.4 Å². The predicted octanol–water partition coefficient (Wildman–Crippen LogP) is 3.36. The second-order valence-electron chi connectivity index (χ2n) is 5.03. The van der Waals surface area contributed by atoms with Crippen LogP contribution in [0.4, 0.5) is 0 Å². The molecule has 1 amide bonds. The SMILES string of the molecule is O=C(NS(=O)(=O)c1cccc(Br)c1)c1cccc(-n2cccc2)c1. The topological polar surface area (TPSA) is 68.2 Å². The molecule has 0 aliphatic heterocycles. The second-order valence-corrected chi connectivity index (χ2v) is 7.63. The Balaban J connectivity index is 1.86. The van der Waals surface area contributed by atoms with E-state index in [1.807, 2.05) is 35.2 Å². The van der Waals surface area contributed by atoms with Crippen LogP contribution >= 0.6 is 15.9 Å². The van der Waals surface area contributed by atoms with E-state index >= 15 is 0 Å². The molecule has 0 saturated heterocycles. The maximum Gasteiger partial charge on any atom is 0.265 e. The molecule has 24 heavy (non-hydrogen) atoms. The molecular weight excluding hydrogens is 392 g/mol. The fraction of sp³-hybridized carbons (Fsp3) is 0. The van der Waals surface area contributed by atoms with Gasteiger partial charge >= 0.3 is 0 Å². The Hall–Kier alpha value is -2.38. The summed E-state index contributed by atoms with van der Waals surface area (Å²) in [5.74, 6) is -0.677. The number of aromatic nitrogens is 1. The monoisotopic (exact) mass is 404 g/mol. The molecule has 5 nitrogen and oxygen atoms in total. The van der Waals surface area contributed by atoms with Crippen molar-refractivity contribution in [3.63, 3.8) is 0 Å². The van der Waals surface area contributed by atoms with Crippen molar-refractivity contribution in [2.45, 2.75) is 4.90 Å². The second kappa shape index (κ2) is 6.62. The lowest BCUT2D eigenvalue weighted by Gasteiger charge is -2.09. The number of carbonyl (C=O) groups excluding carboxylic acids is 1. The highest BCUT2D eigenvalue weighted by molar-refractivity contribution is 9.10. The van der Waals surface area contributed by atoms with Gasteiger partial charge in [0.25, 0.3) is 15.9 Å². The Kier molecular flexibility index (Phi) is 4.55. The molecule has 0 unspecified atom stereocenters. The molecule has 1 heterocycles. The van der Waals surface area contributed by atoms with Crippen LogP contribution < -0.4 is 4.72 Å². The number of carbonyl (C=O) groups is 1. The van der Waals surface area contributed by atoms with Crippen molar-refractivity contribution in [3.05, 3.63) is 83.1 Å². The smallest absolute Gasteiger partial charge is 0.265 e. The summed E-state index contributed by atoms with van der Waals surface area (Å²) in [6.07, 6.45) is 3.69. The van der Waals surface area contributed by atoms with Crippen LogP contribution in [0, 0.1) is 0 Å². The molecule has 3 rings (SSSR count). The lowest BCUT2D eigenvalue weighted by Crippen LogP contribution is -2.30. The number of benzene rings is 2. The average Bonchev–Trinajstić information content (AvgIpc) is 3.09. The molecule has 0 spiro atoms. The standard InChI is InChI=1S/C17H13BrN2O3S/c18-14-6-4-8-16(12-14)24(22,23)19-17(21)13-5-3-7-15(11-13)20-9-1-2-10-20/h1-12H,(H,19,21). The minimum absolute atomic E-state index is 0.0202. The Morgan fingerprint density at radius 1 is 0.958 bits per heavy atom. The molecule has 0 radical (unpaired) electrons. The first-order valence-electron chi connectivity index (χ1n) is 7.02. The van der Waals surface area contributed by atoms with Gasteiger partial charge in [-0.05, 0) is 48.5 Å². The minimum Gasteiger partial charge on any atom is -0.324 e. The summed E-state index contributed by atoms with van der Waals surface area (Å²) in [7, 11) is -3.93. The molecule has 2 aromatic carbocycles. The normalized spacial score (nSPS) is 11.2. The van der Waals surface area contributed by atoms with E-state index in [1.165, 1.54) is 12.1 Å². The van der Waals surface area contributed by atoms with Gasteiger partial charge in [-0.15, -0.1) is 0 Å². The number of nitrogens with zero attached hydrogens (tertiary/aromatic N) is 1. The quantitative estimate of drug-likeness (QED) is 0.724. The van der Waals surface area contributed by atoms with Gasteiger partial charge in [-0.25, -0.2) is 13.1 Å². The minimum atomic E-state index is -3.93. The third kappa shape index (κ3) is 3.58. The van der Waals surface area contributed by atoms with Gasteiger partial charge < -0.3 is 4.57 Å². The highest BCUT2D eigenvalue weighted by atomic mass is 79.9. The number of rotatable bonds is 4. The maximum atomic E-state index is 12.3. The highest BCUT2D eigenvalue weighted by Crippen LogP contribution is 2.17. The van der Waals surface area contributed by atoms with Crippen molar-refractivity contribution in [2.75, 3.05) is 0 Å². The average molecular weight is 405 g/mol. The lowest BCUT2D eigenvalue weighted by molar-refractivity contribution is 0.0981. The van der Waals surface area contributed by atoms with Crippen molar-refractivity contribution in [1.82, 2.24) is 9.29 Å². The van der Waals surface area contributed by atoms with E-state index in [9.17, 15) is 13.2 Å². The number of hydrogen-bond acceptors (Lipinski definition) is 3. The summed E-state index contributed by atoms with van der Waals surface area (Å²) in [6.45, 7) is 0. The van der Waals surface area contributed by atoms with Crippen molar-refractivity contribution in [3.8, 4) is 5.69 Å². The Morgan fingerprint density at radius 3 is 2.38 bits per heavy atom. The van der Waals surface area contributed by atoms with E-state index in [2.05, 4.69) is 20.7 Å². The van der Waals surface area contributed by atoms with Gasteiger partial charge in [0.1, 0.15) is 0 Å². The largest absolute Gasteiger partial charge is 0.324 e. The van der Waals surface area contributed by atoms with Crippen LogP contribution in [0.3, 0.4) is 0 Å². The van der Waals surface area contributed by atoms with E-state index in [0.29, 0.717) is 4.47 Å². The van der Waals surface area contributed by atoms with Crippen LogP contribution in [0.2, 0.25) is 0 Å². The van der Waals surface area contributed by atoms with Crippen molar-refractivity contribution < 1.29 is 13.2 Å². The Morgan fingerprint density at radius 2 is 1.67 bits per heavy atom. The Labute approximate surface area is 148 Å². The summed E-state index contributed by atoms with van der Waals surface area (Å²) >= 11 is 3.22. The molecule has 122 valence electrons. The molecule has 0 saturated carbocycles. The number of amides is 1. The van der Waals surface area contributed by atoms with E-state index in [-0.39, 0.29) is 10.5 Å². The van der Waals surface area contributed by atoms with Crippen molar-refractivity contribution in [2.24, 2.45) is 0 Å².